The van der Waals surface area contributed by atoms with Gasteiger partial charge in [-0.2, -0.15) is 0 Å². The minimum atomic E-state index is -3.91. The summed E-state index contributed by atoms with van der Waals surface area (Å²) in [5, 5.41) is 8.34. The van der Waals surface area contributed by atoms with Crippen molar-refractivity contribution in [2.45, 2.75) is 17.5 Å². The molecule has 0 bridgehead atoms. The van der Waals surface area contributed by atoms with Crippen LogP contribution in [0.3, 0.4) is 0 Å². The minimum Gasteiger partial charge on any atom is -0.374 e. The Balaban J connectivity index is 1.30. The fourth-order valence-electron chi connectivity index (χ4n) is 3.67. The molecule has 0 spiro atoms. The lowest BCUT2D eigenvalue weighted by atomic mass is 10.2. The van der Waals surface area contributed by atoms with E-state index < -0.39 is 16.1 Å². The van der Waals surface area contributed by atoms with Crippen molar-refractivity contribution in [2.24, 2.45) is 0 Å². The van der Waals surface area contributed by atoms with Gasteiger partial charge in [0.15, 0.2) is 0 Å². The summed E-state index contributed by atoms with van der Waals surface area (Å²) >= 11 is 13.3. The Hall–Kier alpha value is -2.41. The molecule has 1 aromatic heterocycles. The van der Waals surface area contributed by atoms with Crippen molar-refractivity contribution in [1.82, 2.24) is 20.5 Å². The number of nitrogens with zero attached hydrogens (tertiary/aromatic N) is 3. The molecule has 9 nitrogen and oxygen atoms in total. The highest BCUT2D eigenvalue weighted by Crippen LogP contribution is 2.25. The van der Waals surface area contributed by atoms with Crippen LogP contribution in [0.2, 0.25) is 10.0 Å². The Morgan fingerprint density at radius 2 is 1.97 bits per heavy atom. The monoisotopic (exact) mass is 569 g/mol. The quantitative estimate of drug-likeness (QED) is 0.380. The van der Waals surface area contributed by atoms with Crippen LogP contribution < -0.4 is 14.9 Å². The number of hydrogen-bond donors (Lipinski definition) is 2. The number of halogens is 2. The van der Waals surface area contributed by atoms with Crippen LogP contribution in [-0.4, -0.2) is 63.3 Å². The number of morpholine rings is 1. The zero-order chi connectivity index (χ0) is 25.5. The van der Waals surface area contributed by atoms with Gasteiger partial charge in [0.2, 0.25) is 5.13 Å². The van der Waals surface area contributed by atoms with Crippen molar-refractivity contribution in [3.8, 4) is 0 Å². The van der Waals surface area contributed by atoms with E-state index in [9.17, 15) is 13.2 Å². The molecule has 1 aliphatic heterocycles. The van der Waals surface area contributed by atoms with E-state index in [1.54, 1.807) is 29.6 Å². The molecule has 1 atom stereocenters. The van der Waals surface area contributed by atoms with Crippen molar-refractivity contribution in [3.63, 3.8) is 0 Å². The topological polar surface area (TPSA) is 104 Å². The number of sulfonamides is 1. The van der Waals surface area contributed by atoms with E-state index in [4.69, 9.17) is 27.9 Å². The molecule has 2 heterocycles. The molecule has 4 rings (SSSR count). The number of aromatic nitrogens is 1. The minimum absolute atomic E-state index is 0.111. The molecule has 0 aliphatic carbocycles. The van der Waals surface area contributed by atoms with E-state index in [1.807, 2.05) is 12.1 Å². The fourth-order valence-corrected chi connectivity index (χ4v) is 6.20. The molecule has 2 N–H and O–H groups in total. The number of carbonyl (C=O) groups excluding carboxylic acids is 1. The molecular weight excluding hydrogens is 545 g/mol. The Kier molecular flexibility index (Phi) is 9.04. The van der Waals surface area contributed by atoms with Gasteiger partial charge >= 0.3 is 6.03 Å². The molecule has 192 valence electrons. The van der Waals surface area contributed by atoms with Gasteiger partial charge in [0, 0.05) is 37.8 Å². The summed E-state index contributed by atoms with van der Waals surface area (Å²) in [4.78, 5) is 18.9. The molecule has 0 saturated carbocycles. The number of ether oxygens (including phenoxy) is 1. The van der Waals surface area contributed by atoms with Crippen LogP contribution in [0.15, 0.2) is 65.0 Å². The second-order valence-electron chi connectivity index (χ2n) is 8.00. The Morgan fingerprint density at radius 1 is 1.17 bits per heavy atom. The number of benzene rings is 2. The van der Waals surface area contributed by atoms with Gasteiger partial charge in [-0.25, -0.2) is 22.5 Å². The highest BCUT2D eigenvalue weighted by atomic mass is 35.5. The van der Waals surface area contributed by atoms with Gasteiger partial charge < -0.3 is 15.4 Å². The lowest BCUT2D eigenvalue weighted by Crippen LogP contribution is -2.50. The normalized spacial score (nSPS) is 16.4. The van der Waals surface area contributed by atoms with Gasteiger partial charge in [-0.15, -0.1) is 11.3 Å². The number of amides is 2. The molecule has 1 aliphatic rings. The molecule has 0 radical (unpaired) electrons. The summed E-state index contributed by atoms with van der Waals surface area (Å²) in [6, 6.07) is 13.1. The summed E-state index contributed by atoms with van der Waals surface area (Å²) < 4.78 is 33.2. The third kappa shape index (κ3) is 6.87. The molecule has 1 saturated heterocycles. The molecule has 36 heavy (non-hydrogen) atoms. The molecule has 13 heteroatoms. The van der Waals surface area contributed by atoms with E-state index >= 15 is 0 Å². The van der Waals surface area contributed by atoms with Crippen LogP contribution in [0.4, 0.5) is 9.93 Å². The Bertz CT molecular complexity index is 1260. The van der Waals surface area contributed by atoms with Crippen LogP contribution >= 0.6 is 34.5 Å². The number of nitrogens with one attached hydrogen (secondary N) is 2. The maximum Gasteiger partial charge on any atom is 0.316 e. The summed E-state index contributed by atoms with van der Waals surface area (Å²) in [5.74, 6) is 0. The zero-order valence-corrected chi connectivity index (χ0v) is 22.3. The number of urea groups is 1. The number of anilines is 1. The van der Waals surface area contributed by atoms with E-state index in [2.05, 4.69) is 20.5 Å². The van der Waals surface area contributed by atoms with Crippen LogP contribution in [0.5, 0.6) is 0 Å². The summed E-state index contributed by atoms with van der Waals surface area (Å²) in [5.41, 5.74) is 1.04. The third-order valence-corrected chi connectivity index (χ3v) is 8.85. The van der Waals surface area contributed by atoms with Gasteiger partial charge in [-0.3, -0.25) is 4.90 Å². The number of thiazole rings is 1. The van der Waals surface area contributed by atoms with Crippen LogP contribution in [0, 0.1) is 0 Å². The zero-order valence-electron chi connectivity index (χ0n) is 19.1. The van der Waals surface area contributed by atoms with Crippen molar-refractivity contribution < 1.29 is 17.9 Å². The number of hydrogen-bond acceptors (Lipinski definition) is 7. The fraction of sp³-hybridized carbons (Fsp3) is 0.304. The molecule has 2 aromatic carbocycles. The second kappa shape index (κ2) is 12.2. The van der Waals surface area contributed by atoms with E-state index in [0.29, 0.717) is 29.7 Å². The van der Waals surface area contributed by atoms with Gasteiger partial charge in [-0.1, -0.05) is 47.5 Å². The SMILES string of the molecule is O=C(NCC1CN(Cc2ccc(Cl)c(Cl)c2)CCO1)NCN(c1nccs1)S(=O)(=O)c1ccccc1. The molecule has 2 amide bonds. The highest BCUT2D eigenvalue weighted by molar-refractivity contribution is 7.93. The Morgan fingerprint density at radius 3 is 2.69 bits per heavy atom. The van der Waals surface area contributed by atoms with Crippen molar-refractivity contribution in [2.75, 3.05) is 37.2 Å². The lowest BCUT2D eigenvalue weighted by molar-refractivity contribution is -0.0287. The maximum absolute atomic E-state index is 13.2. The van der Waals surface area contributed by atoms with Crippen LogP contribution in [-0.2, 0) is 21.3 Å². The highest BCUT2D eigenvalue weighted by Gasteiger charge is 2.27. The smallest absolute Gasteiger partial charge is 0.316 e. The first kappa shape index (κ1) is 26.6. The average Bonchev–Trinajstić information content (AvgIpc) is 3.40. The van der Waals surface area contributed by atoms with E-state index in [-0.39, 0.29) is 29.3 Å². The standard InChI is InChI=1S/C23H25Cl2N5O4S2/c24-20-7-6-17(12-21(20)25)14-29-9-10-34-18(15-29)13-27-22(31)28-16-30(23-26-8-11-35-23)36(32,33)19-4-2-1-3-5-19/h1-8,11-12,18H,9-10,13-16H2,(H2,27,28,31). The van der Waals surface area contributed by atoms with Gasteiger partial charge in [0.1, 0.15) is 6.67 Å². The van der Waals surface area contributed by atoms with Gasteiger partial charge in [-0.05, 0) is 29.8 Å². The molecule has 1 fully saturated rings. The predicted molar refractivity (Wildman–Crippen MR) is 141 cm³/mol. The van der Waals surface area contributed by atoms with E-state index in [1.165, 1.54) is 29.7 Å². The second-order valence-corrected chi connectivity index (χ2v) is 11.6. The lowest BCUT2D eigenvalue weighted by Gasteiger charge is -2.33. The first-order valence-electron chi connectivity index (χ1n) is 11.1. The first-order valence-corrected chi connectivity index (χ1v) is 14.2. The van der Waals surface area contributed by atoms with Crippen molar-refractivity contribution in [1.29, 1.82) is 0 Å². The first-order chi connectivity index (χ1) is 17.3. The maximum atomic E-state index is 13.2. The number of rotatable bonds is 9. The summed E-state index contributed by atoms with van der Waals surface area (Å²) in [6.07, 6.45) is 1.30. The number of carbonyl (C=O) groups is 1. The predicted octanol–water partition coefficient (Wildman–Crippen LogP) is 3.80. The van der Waals surface area contributed by atoms with Crippen molar-refractivity contribution in [3.05, 3.63) is 75.7 Å². The molecule has 1 unspecified atom stereocenters. The largest absolute Gasteiger partial charge is 0.374 e. The summed E-state index contributed by atoms with van der Waals surface area (Å²) in [7, 11) is -3.91. The Labute approximate surface area is 224 Å². The third-order valence-electron chi connectivity index (χ3n) is 5.45. The summed E-state index contributed by atoms with van der Waals surface area (Å²) in [6.45, 7) is 2.58. The van der Waals surface area contributed by atoms with Gasteiger partial charge in [0.25, 0.3) is 10.0 Å². The van der Waals surface area contributed by atoms with Crippen molar-refractivity contribution >= 4 is 55.7 Å². The van der Waals surface area contributed by atoms with E-state index in [0.717, 1.165) is 16.4 Å². The van der Waals surface area contributed by atoms with Crippen LogP contribution in [0.1, 0.15) is 5.56 Å². The van der Waals surface area contributed by atoms with Crippen LogP contribution in [0.25, 0.3) is 0 Å². The molecular formula is C23H25Cl2N5O4S2. The average molecular weight is 571 g/mol. The molecule has 3 aromatic rings. The van der Waals surface area contributed by atoms with Gasteiger partial charge in [0.05, 0.1) is 27.7 Å².